The van der Waals surface area contributed by atoms with Gasteiger partial charge in [0.25, 0.3) is 0 Å². The maximum absolute atomic E-state index is 12.4. The number of fused-ring (bicyclic) bond motifs is 1. The standard InChI is InChI=1S/C23H26N2O/c1-17-8-4-7-11-22(17)18(2)24-23(26)16-25(3)15-19-12-13-20-9-5-6-10-21(20)14-19/h4-14,18H,15-16H2,1-3H3,(H,24,26)/t18-/m1/s1. The molecule has 1 amide bonds. The Morgan fingerprint density at radius 3 is 2.46 bits per heavy atom. The van der Waals surface area contributed by atoms with E-state index in [-0.39, 0.29) is 11.9 Å². The molecule has 0 aliphatic carbocycles. The summed E-state index contributed by atoms with van der Waals surface area (Å²) < 4.78 is 0. The predicted molar refractivity (Wildman–Crippen MR) is 108 cm³/mol. The van der Waals surface area contributed by atoms with E-state index in [1.54, 1.807) is 0 Å². The van der Waals surface area contributed by atoms with Crippen LogP contribution in [-0.4, -0.2) is 24.4 Å². The lowest BCUT2D eigenvalue weighted by atomic mass is 10.0. The van der Waals surface area contributed by atoms with Crippen molar-refractivity contribution >= 4 is 16.7 Å². The number of nitrogens with zero attached hydrogens (tertiary/aromatic N) is 1. The number of rotatable bonds is 6. The third-order valence-corrected chi connectivity index (χ3v) is 4.71. The van der Waals surface area contributed by atoms with Crippen molar-refractivity contribution < 1.29 is 4.79 Å². The number of hydrogen-bond acceptors (Lipinski definition) is 2. The summed E-state index contributed by atoms with van der Waals surface area (Å²) in [4.78, 5) is 14.4. The minimum atomic E-state index is 0.0118. The van der Waals surface area contributed by atoms with Gasteiger partial charge in [-0.25, -0.2) is 0 Å². The fraction of sp³-hybridized carbons (Fsp3) is 0.261. The van der Waals surface area contributed by atoms with Gasteiger partial charge in [0.1, 0.15) is 0 Å². The van der Waals surface area contributed by atoms with E-state index in [1.807, 2.05) is 37.1 Å². The van der Waals surface area contributed by atoms with Gasteiger partial charge in [-0.15, -0.1) is 0 Å². The Balaban J connectivity index is 1.57. The van der Waals surface area contributed by atoms with Crippen molar-refractivity contribution in [1.29, 1.82) is 0 Å². The first-order valence-corrected chi connectivity index (χ1v) is 9.04. The van der Waals surface area contributed by atoms with Gasteiger partial charge in [-0.3, -0.25) is 9.69 Å². The molecule has 3 aromatic rings. The number of benzene rings is 3. The molecular formula is C23H26N2O. The average molecular weight is 346 g/mol. The summed E-state index contributed by atoms with van der Waals surface area (Å²) in [7, 11) is 1.98. The lowest BCUT2D eigenvalue weighted by molar-refractivity contribution is -0.122. The van der Waals surface area contributed by atoms with E-state index < -0.39 is 0 Å². The van der Waals surface area contributed by atoms with Crippen molar-refractivity contribution in [3.8, 4) is 0 Å². The molecule has 0 aromatic heterocycles. The van der Waals surface area contributed by atoms with Gasteiger partial charge in [0.15, 0.2) is 0 Å². The largest absolute Gasteiger partial charge is 0.348 e. The highest BCUT2D eigenvalue weighted by atomic mass is 16.2. The third-order valence-electron chi connectivity index (χ3n) is 4.71. The van der Waals surface area contributed by atoms with Crippen LogP contribution in [0.15, 0.2) is 66.7 Å². The Labute approximate surface area is 155 Å². The molecule has 0 saturated carbocycles. The second-order valence-corrected chi connectivity index (χ2v) is 7.00. The summed E-state index contributed by atoms with van der Waals surface area (Å²) in [6.07, 6.45) is 0. The lowest BCUT2D eigenvalue weighted by Crippen LogP contribution is -2.36. The van der Waals surface area contributed by atoms with Gasteiger partial charge in [0.05, 0.1) is 12.6 Å². The fourth-order valence-electron chi connectivity index (χ4n) is 3.39. The van der Waals surface area contributed by atoms with E-state index in [2.05, 4.69) is 60.8 Å². The highest BCUT2D eigenvalue weighted by Gasteiger charge is 2.13. The molecule has 3 heteroatoms. The van der Waals surface area contributed by atoms with Crippen LogP contribution in [0, 0.1) is 6.92 Å². The Kier molecular flexibility index (Phi) is 5.69. The van der Waals surface area contributed by atoms with Crippen LogP contribution in [-0.2, 0) is 11.3 Å². The molecule has 134 valence electrons. The van der Waals surface area contributed by atoms with Crippen molar-refractivity contribution in [1.82, 2.24) is 10.2 Å². The molecule has 26 heavy (non-hydrogen) atoms. The van der Waals surface area contributed by atoms with Gasteiger partial charge in [-0.1, -0.05) is 60.7 Å². The maximum atomic E-state index is 12.4. The molecule has 1 N–H and O–H groups in total. The van der Waals surface area contributed by atoms with Gasteiger partial charge >= 0.3 is 0 Å². The van der Waals surface area contributed by atoms with Crippen LogP contribution in [0.4, 0.5) is 0 Å². The first kappa shape index (κ1) is 18.2. The normalized spacial score (nSPS) is 12.3. The van der Waals surface area contributed by atoms with E-state index >= 15 is 0 Å². The summed E-state index contributed by atoms with van der Waals surface area (Å²) in [6.45, 7) is 5.23. The fourth-order valence-corrected chi connectivity index (χ4v) is 3.39. The number of hydrogen-bond donors (Lipinski definition) is 1. The molecular weight excluding hydrogens is 320 g/mol. The van der Waals surface area contributed by atoms with Gasteiger partial charge in [-0.05, 0) is 54.4 Å². The maximum Gasteiger partial charge on any atom is 0.234 e. The van der Waals surface area contributed by atoms with Crippen LogP contribution in [0.2, 0.25) is 0 Å². The molecule has 0 unspecified atom stereocenters. The monoisotopic (exact) mass is 346 g/mol. The Hall–Kier alpha value is -2.65. The quantitative estimate of drug-likeness (QED) is 0.715. The summed E-state index contributed by atoms with van der Waals surface area (Å²) in [5.74, 6) is 0.0454. The van der Waals surface area contributed by atoms with Crippen LogP contribution in [0.25, 0.3) is 10.8 Å². The SMILES string of the molecule is Cc1ccccc1[C@@H](C)NC(=O)CN(C)Cc1ccc2ccccc2c1. The molecule has 3 nitrogen and oxygen atoms in total. The number of aryl methyl sites for hydroxylation is 1. The highest BCUT2D eigenvalue weighted by molar-refractivity contribution is 5.83. The Morgan fingerprint density at radius 2 is 1.69 bits per heavy atom. The minimum Gasteiger partial charge on any atom is -0.348 e. The first-order valence-electron chi connectivity index (χ1n) is 9.04. The molecule has 3 aromatic carbocycles. The molecule has 0 spiro atoms. The van der Waals surface area contributed by atoms with Crippen molar-refractivity contribution in [2.75, 3.05) is 13.6 Å². The van der Waals surface area contributed by atoms with Crippen molar-refractivity contribution in [2.24, 2.45) is 0 Å². The molecule has 1 atom stereocenters. The molecule has 0 fully saturated rings. The molecule has 0 radical (unpaired) electrons. The van der Waals surface area contributed by atoms with E-state index in [0.717, 1.165) is 12.1 Å². The van der Waals surface area contributed by atoms with E-state index in [9.17, 15) is 4.79 Å². The topological polar surface area (TPSA) is 32.3 Å². The molecule has 0 aliphatic rings. The highest BCUT2D eigenvalue weighted by Crippen LogP contribution is 2.18. The Bertz CT molecular complexity index is 903. The third kappa shape index (κ3) is 4.50. The van der Waals surface area contributed by atoms with Crippen LogP contribution < -0.4 is 5.32 Å². The smallest absolute Gasteiger partial charge is 0.234 e. The molecule has 0 saturated heterocycles. The van der Waals surface area contributed by atoms with Gasteiger partial charge in [-0.2, -0.15) is 0 Å². The summed E-state index contributed by atoms with van der Waals surface area (Å²) >= 11 is 0. The summed E-state index contributed by atoms with van der Waals surface area (Å²) in [5, 5.41) is 5.57. The average Bonchev–Trinajstić information content (AvgIpc) is 2.61. The molecule has 0 bridgehead atoms. The minimum absolute atomic E-state index is 0.0118. The van der Waals surface area contributed by atoms with Crippen LogP contribution >= 0.6 is 0 Å². The lowest BCUT2D eigenvalue weighted by Gasteiger charge is -2.20. The second-order valence-electron chi connectivity index (χ2n) is 7.00. The summed E-state index contributed by atoms with van der Waals surface area (Å²) in [5.41, 5.74) is 3.58. The zero-order chi connectivity index (χ0) is 18.5. The number of carbonyl (C=O) groups is 1. The second kappa shape index (κ2) is 8.15. The van der Waals surface area contributed by atoms with Gasteiger partial charge < -0.3 is 5.32 Å². The number of carbonyl (C=O) groups excluding carboxylic acids is 1. The molecule has 0 aliphatic heterocycles. The van der Waals surface area contributed by atoms with Crippen molar-refractivity contribution in [2.45, 2.75) is 26.4 Å². The van der Waals surface area contributed by atoms with Crippen LogP contribution in [0.3, 0.4) is 0 Å². The Morgan fingerprint density at radius 1 is 1.00 bits per heavy atom. The van der Waals surface area contributed by atoms with Crippen molar-refractivity contribution in [3.05, 3.63) is 83.4 Å². The van der Waals surface area contributed by atoms with Crippen molar-refractivity contribution in [3.63, 3.8) is 0 Å². The van der Waals surface area contributed by atoms with E-state index in [0.29, 0.717) is 6.54 Å². The number of amides is 1. The molecule has 0 heterocycles. The predicted octanol–water partition coefficient (Wildman–Crippen LogP) is 4.46. The van der Waals surface area contributed by atoms with Gasteiger partial charge in [0, 0.05) is 6.54 Å². The van der Waals surface area contributed by atoms with Crippen LogP contribution in [0.5, 0.6) is 0 Å². The molecule has 3 rings (SSSR count). The van der Waals surface area contributed by atoms with E-state index in [4.69, 9.17) is 0 Å². The number of likely N-dealkylation sites (N-methyl/N-ethyl adjacent to an activating group) is 1. The van der Waals surface area contributed by atoms with Crippen LogP contribution in [0.1, 0.15) is 29.7 Å². The van der Waals surface area contributed by atoms with E-state index in [1.165, 1.54) is 21.9 Å². The zero-order valence-electron chi connectivity index (χ0n) is 15.7. The zero-order valence-corrected chi connectivity index (χ0v) is 15.7. The summed E-state index contributed by atoms with van der Waals surface area (Å²) in [6, 6.07) is 23.0. The first-order chi connectivity index (χ1) is 12.5. The number of nitrogens with one attached hydrogen (secondary N) is 1. The van der Waals surface area contributed by atoms with Gasteiger partial charge in [0.2, 0.25) is 5.91 Å².